The summed E-state index contributed by atoms with van der Waals surface area (Å²) in [5, 5.41) is 19.9. The van der Waals surface area contributed by atoms with Crippen molar-refractivity contribution in [1.29, 1.82) is 0 Å². The van der Waals surface area contributed by atoms with E-state index in [2.05, 4.69) is 9.47 Å². The van der Waals surface area contributed by atoms with Gasteiger partial charge in [0.25, 0.3) is 0 Å². The third kappa shape index (κ3) is 2.01. The smallest absolute Gasteiger partial charge is 0.338 e. The van der Waals surface area contributed by atoms with E-state index in [-0.39, 0.29) is 33.4 Å². The van der Waals surface area contributed by atoms with Gasteiger partial charge >= 0.3 is 11.9 Å². The number of aromatic hydroxyl groups is 2. The van der Waals surface area contributed by atoms with Gasteiger partial charge in [-0.15, -0.1) is 0 Å². The molecule has 0 atom stereocenters. The van der Waals surface area contributed by atoms with Gasteiger partial charge < -0.3 is 19.7 Å². The highest BCUT2D eigenvalue weighted by Crippen LogP contribution is 2.37. The van der Waals surface area contributed by atoms with Crippen LogP contribution in [-0.2, 0) is 9.47 Å². The molecular formula is C14H12O6. The first kappa shape index (κ1) is 13.7. The summed E-state index contributed by atoms with van der Waals surface area (Å²) in [4.78, 5) is 23.4. The minimum atomic E-state index is -0.688. The molecule has 0 fully saturated rings. The number of esters is 2. The lowest BCUT2D eigenvalue weighted by Crippen LogP contribution is -2.07. The zero-order chi connectivity index (χ0) is 14.9. The molecule has 2 rings (SSSR count). The van der Waals surface area contributed by atoms with E-state index < -0.39 is 11.9 Å². The van der Waals surface area contributed by atoms with E-state index in [0.717, 1.165) is 0 Å². The molecule has 0 bridgehead atoms. The summed E-state index contributed by atoms with van der Waals surface area (Å²) in [7, 11) is 2.39. The van der Waals surface area contributed by atoms with E-state index in [9.17, 15) is 19.8 Å². The fraction of sp³-hybridized carbons (Fsp3) is 0.143. The molecule has 2 aromatic rings. The van der Waals surface area contributed by atoms with Crippen molar-refractivity contribution in [3.05, 3.63) is 35.4 Å². The van der Waals surface area contributed by atoms with E-state index in [4.69, 9.17) is 0 Å². The van der Waals surface area contributed by atoms with Crippen molar-refractivity contribution >= 4 is 22.7 Å². The van der Waals surface area contributed by atoms with Crippen LogP contribution in [0.15, 0.2) is 24.3 Å². The summed E-state index contributed by atoms with van der Waals surface area (Å²) >= 11 is 0. The van der Waals surface area contributed by atoms with Crippen LogP contribution in [0.4, 0.5) is 0 Å². The van der Waals surface area contributed by atoms with Crippen molar-refractivity contribution in [1.82, 2.24) is 0 Å². The third-order valence-electron chi connectivity index (χ3n) is 2.93. The second-order valence-corrected chi connectivity index (χ2v) is 4.00. The van der Waals surface area contributed by atoms with Crippen LogP contribution in [0.25, 0.3) is 10.8 Å². The van der Waals surface area contributed by atoms with Gasteiger partial charge in [-0.05, 0) is 24.3 Å². The van der Waals surface area contributed by atoms with E-state index in [0.29, 0.717) is 0 Å². The highest BCUT2D eigenvalue weighted by atomic mass is 16.5. The lowest BCUT2D eigenvalue weighted by Gasteiger charge is -2.11. The van der Waals surface area contributed by atoms with Gasteiger partial charge in [0.15, 0.2) is 0 Å². The van der Waals surface area contributed by atoms with Crippen molar-refractivity contribution < 1.29 is 29.3 Å². The van der Waals surface area contributed by atoms with Crippen LogP contribution in [0, 0.1) is 0 Å². The third-order valence-corrected chi connectivity index (χ3v) is 2.93. The van der Waals surface area contributed by atoms with Crippen molar-refractivity contribution in [3.8, 4) is 11.5 Å². The fourth-order valence-corrected chi connectivity index (χ4v) is 2.02. The standard InChI is InChI=1S/C14H12O6/c1-19-13(17)7-3-4-8(14(18)20-2)12-10(16)6-5-9(15)11(7)12/h3-6,15-16H,1-2H3. The van der Waals surface area contributed by atoms with Gasteiger partial charge in [0.05, 0.1) is 25.3 Å². The molecule has 6 nitrogen and oxygen atoms in total. The Morgan fingerprint density at radius 2 is 1.15 bits per heavy atom. The Kier molecular flexibility index (Phi) is 3.47. The molecule has 0 radical (unpaired) electrons. The molecule has 0 aliphatic rings. The molecule has 0 saturated heterocycles. The Hall–Kier alpha value is -2.76. The largest absolute Gasteiger partial charge is 0.507 e. The molecule has 0 heterocycles. The van der Waals surface area contributed by atoms with E-state index in [1.54, 1.807) is 0 Å². The van der Waals surface area contributed by atoms with E-state index in [1.165, 1.54) is 38.5 Å². The summed E-state index contributed by atoms with van der Waals surface area (Å²) in [6.07, 6.45) is 0. The number of methoxy groups -OCH3 is 2. The van der Waals surface area contributed by atoms with Gasteiger partial charge in [-0.3, -0.25) is 0 Å². The zero-order valence-electron chi connectivity index (χ0n) is 10.8. The Morgan fingerprint density at radius 3 is 1.45 bits per heavy atom. The Labute approximate surface area is 114 Å². The second kappa shape index (κ2) is 5.08. The average Bonchev–Trinajstić information content (AvgIpc) is 2.48. The first-order valence-electron chi connectivity index (χ1n) is 5.65. The number of benzene rings is 2. The lowest BCUT2D eigenvalue weighted by molar-refractivity contribution is 0.0589. The van der Waals surface area contributed by atoms with Crippen LogP contribution in [0.2, 0.25) is 0 Å². The summed E-state index contributed by atoms with van der Waals surface area (Å²) in [6, 6.07) is 5.12. The number of hydrogen-bond acceptors (Lipinski definition) is 6. The van der Waals surface area contributed by atoms with Gasteiger partial charge in [0.1, 0.15) is 11.5 Å². The predicted octanol–water partition coefficient (Wildman–Crippen LogP) is 1.82. The molecule has 0 aromatic heterocycles. The van der Waals surface area contributed by atoms with Crippen LogP contribution >= 0.6 is 0 Å². The lowest BCUT2D eigenvalue weighted by atomic mass is 9.97. The first-order chi connectivity index (χ1) is 9.51. The topological polar surface area (TPSA) is 93.1 Å². The quantitative estimate of drug-likeness (QED) is 0.642. The second-order valence-electron chi connectivity index (χ2n) is 4.00. The normalized spacial score (nSPS) is 10.3. The number of rotatable bonds is 2. The SMILES string of the molecule is COC(=O)c1ccc(C(=O)OC)c2c(O)ccc(O)c12. The zero-order valence-corrected chi connectivity index (χ0v) is 10.8. The summed E-state index contributed by atoms with van der Waals surface area (Å²) < 4.78 is 9.24. The maximum absolute atomic E-state index is 11.7. The number of hydrogen-bond donors (Lipinski definition) is 2. The van der Waals surface area contributed by atoms with Crippen molar-refractivity contribution in [2.24, 2.45) is 0 Å². The molecule has 0 amide bonds. The molecule has 20 heavy (non-hydrogen) atoms. The van der Waals surface area contributed by atoms with Crippen LogP contribution in [0.5, 0.6) is 11.5 Å². The van der Waals surface area contributed by atoms with Gasteiger partial charge in [0, 0.05) is 10.8 Å². The van der Waals surface area contributed by atoms with E-state index >= 15 is 0 Å². The van der Waals surface area contributed by atoms with Gasteiger partial charge in [-0.1, -0.05) is 0 Å². The van der Waals surface area contributed by atoms with Crippen LogP contribution in [0.3, 0.4) is 0 Å². The molecule has 0 unspecified atom stereocenters. The number of fused-ring (bicyclic) bond motifs is 1. The van der Waals surface area contributed by atoms with Crippen LogP contribution in [0.1, 0.15) is 20.7 Å². The molecule has 0 saturated carbocycles. The number of phenols is 2. The molecule has 2 aromatic carbocycles. The predicted molar refractivity (Wildman–Crippen MR) is 70.0 cm³/mol. The Bertz CT molecular complexity index is 644. The Morgan fingerprint density at radius 1 is 0.800 bits per heavy atom. The average molecular weight is 276 g/mol. The Balaban J connectivity index is 2.93. The van der Waals surface area contributed by atoms with Crippen molar-refractivity contribution in [2.75, 3.05) is 14.2 Å². The van der Waals surface area contributed by atoms with Gasteiger partial charge in [-0.2, -0.15) is 0 Å². The molecule has 104 valence electrons. The maximum Gasteiger partial charge on any atom is 0.338 e. The minimum absolute atomic E-state index is 0.0414. The number of phenolic OH excluding ortho intramolecular Hbond substituents is 2. The molecule has 2 N–H and O–H groups in total. The number of ether oxygens (including phenoxy) is 2. The minimum Gasteiger partial charge on any atom is -0.507 e. The molecule has 0 aliphatic heterocycles. The first-order valence-corrected chi connectivity index (χ1v) is 5.65. The highest BCUT2D eigenvalue weighted by Gasteiger charge is 2.21. The highest BCUT2D eigenvalue weighted by molar-refractivity contribution is 6.15. The monoisotopic (exact) mass is 276 g/mol. The van der Waals surface area contributed by atoms with Gasteiger partial charge in [0.2, 0.25) is 0 Å². The molecular weight excluding hydrogens is 264 g/mol. The number of carbonyl (C=O) groups excluding carboxylic acids is 2. The maximum atomic E-state index is 11.7. The number of carbonyl (C=O) groups is 2. The van der Waals surface area contributed by atoms with Crippen LogP contribution in [-0.4, -0.2) is 36.4 Å². The summed E-state index contributed by atoms with van der Waals surface area (Å²) in [6.45, 7) is 0. The fourth-order valence-electron chi connectivity index (χ4n) is 2.02. The van der Waals surface area contributed by atoms with Gasteiger partial charge in [-0.25, -0.2) is 9.59 Å². The summed E-state index contributed by atoms with van der Waals surface area (Å²) in [5.41, 5.74) is 0.0899. The molecule has 0 spiro atoms. The van der Waals surface area contributed by atoms with Crippen LogP contribution < -0.4 is 0 Å². The molecule has 0 aliphatic carbocycles. The van der Waals surface area contributed by atoms with E-state index in [1.807, 2.05) is 0 Å². The van der Waals surface area contributed by atoms with Crippen molar-refractivity contribution in [3.63, 3.8) is 0 Å². The van der Waals surface area contributed by atoms with Crippen molar-refractivity contribution in [2.45, 2.75) is 0 Å². The molecule has 6 heteroatoms. The summed E-state index contributed by atoms with van der Waals surface area (Å²) in [5.74, 6) is -1.87.